The van der Waals surface area contributed by atoms with Crippen LogP contribution in [0.1, 0.15) is 25.7 Å². The standard InChI is InChI=1S/C10H15F3N2O/c11-10(12,13)7-1-5-15(6-2-7)8(16)9(14)3-4-9/h7H,1-6,14H2. The quantitative estimate of drug-likeness (QED) is 0.745. The molecular weight excluding hydrogens is 221 g/mol. The zero-order valence-electron chi connectivity index (χ0n) is 8.89. The van der Waals surface area contributed by atoms with Crippen molar-refractivity contribution in [1.82, 2.24) is 4.90 Å². The minimum Gasteiger partial charge on any atom is -0.341 e. The molecule has 1 aliphatic heterocycles. The Hall–Kier alpha value is -0.780. The summed E-state index contributed by atoms with van der Waals surface area (Å²) >= 11 is 0. The Labute approximate surface area is 91.8 Å². The van der Waals surface area contributed by atoms with Gasteiger partial charge in [0.05, 0.1) is 11.5 Å². The van der Waals surface area contributed by atoms with Crippen molar-refractivity contribution < 1.29 is 18.0 Å². The molecule has 0 aromatic heterocycles. The van der Waals surface area contributed by atoms with E-state index in [2.05, 4.69) is 0 Å². The van der Waals surface area contributed by atoms with E-state index in [1.165, 1.54) is 4.90 Å². The summed E-state index contributed by atoms with van der Waals surface area (Å²) < 4.78 is 37.2. The van der Waals surface area contributed by atoms with Gasteiger partial charge >= 0.3 is 6.18 Å². The average molecular weight is 236 g/mol. The fourth-order valence-corrected chi connectivity index (χ4v) is 2.07. The number of hydrogen-bond donors (Lipinski definition) is 1. The molecule has 0 bridgehead atoms. The van der Waals surface area contributed by atoms with Crippen molar-refractivity contribution in [3.63, 3.8) is 0 Å². The first-order valence-corrected chi connectivity index (χ1v) is 5.48. The normalized spacial score (nSPS) is 25.6. The molecule has 2 rings (SSSR count). The Bertz CT molecular complexity index is 291. The molecule has 0 spiro atoms. The van der Waals surface area contributed by atoms with Gasteiger partial charge in [-0.3, -0.25) is 4.79 Å². The predicted octanol–water partition coefficient (Wildman–Crippen LogP) is 1.28. The third-order valence-corrected chi connectivity index (χ3v) is 3.46. The van der Waals surface area contributed by atoms with Gasteiger partial charge < -0.3 is 10.6 Å². The zero-order valence-corrected chi connectivity index (χ0v) is 8.89. The molecule has 16 heavy (non-hydrogen) atoms. The summed E-state index contributed by atoms with van der Waals surface area (Å²) in [4.78, 5) is 13.2. The highest BCUT2D eigenvalue weighted by Crippen LogP contribution is 2.38. The van der Waals surface area contributed by atoms with Crippen LogP contribution in [-0.2, 0) is 4.79 Å². The molecular formula is C10H15F3N2O. The number of rotatable bonds is 1. The van der Waals surface area contributed by atoms with Crippen molar-refractivity contribution in [2.75, 3.05) is 13.1 Å². The first-order chi connectivity index (χ1) is 7.33. The average Bonchev–Trinajstić information content (AvgIpc) is 2.96. The Kier molecular flexibility index (Phi) is 2.64. The monoisotopic (exact) mass is 236 g/mol. The number of nitrogens with zero attached hydrogens (tertiary/aromatic N) is 1. The van der Waals surface area contributed by atoms with Crippen molar-refractivity contribution in [3.05, 3.63) is 0 Å². The molecule has 1 amide bonds. The van der Waals surface area contributed by atoms with Crippen molar-refractivity contribution in [2.24, 2.45) is 11.7 Å². The number of halogens is 3. The van der Waals surface area contributed by atoms with E-state index < -0.39 is 17.6 Å². The summed E-state index contributed by atoms with van der Waals surface area (Å²) in [5.41, 5.74) is 4.97. The minimum atomic E-state index is -4.13. The summed E-state index contributed by atoms with van der Waals surface area (Å²) in [7, 11) is 0. The molecule has 92 valence electrons. The Morgan fingerprint density at radius 3 is 2.12 bits per heavy atom. The van der Waals surface area contributed by atoms with Gasteiger partial charge in [-0.05, 0) is 25.7 Å². The summed E-state index contributed by atoms with van der Waals surface area (Å²) in [5.74, 6) is -1.43. The summed E-state index contributed by atoms with van der Waals surface area (Å²) in [6.07, 6.45) is -2.80. The van der Waals surface area contributed by atoms with Crippen LogP contribution in [0, 0.1) is 5.92 Å². The Morgan fingerprint density at radius 2 is 1.75 bits per heavy atom. The van der Waals surface area contributed by atoms with E-state index >= 15 is 0 Å². The lowest BCUT2D eigenvalue weighted by Gasteiger charge is -2.34. The van der Waals surface area contributed by atoms with Crippen LogP contribution in [0.3, 0.4) is 0 Å². The van der Waals surface area contributed by atoms with Crippen LogP contribution < -0.4 is 5.73 Å². The van der Waals surface area contributed by atoms with E-state index in [0.29, 0.717) is 12.8 Å². The number of carbonyl (C=O) groups is 1. The van der Waals surface area contributed by atoms with Crippen molar-refractivity contribution in [2.45, 2.75) is 37.4 Å². The van der Waals surface area contributed by atoms with Crippen molar-refractivity contribution in [3.8, 4) is 0 Å². The van der Waals surface area contributed by atoms with Crippen LogP contribution >= 0.6 is 0 Å². The van der Waals surface area contributed by atoms with Gasteiger partial charge in [0.15, 0.2) is 0 Å². The zero-order chi connectivity index (χ0) is 12.0. The number of piperidine rings is 1. The van der Waals surface area contributed by atoms with Gasteiger partial charge in [0, 0.05) is 13.1 Å². The fourth-order valence-electron chi connectivity index (χ4n) is 2.07. The molecule has 1 aliphatic carbocycles. The maximum absolute atomic E-state index is 12.4. The van der Waals surface area contributed by atoms with Crippen LogP contribution in [0.5, 0.6) is 0 Å². The second-order valence-corrected chi connectivity index (χ2v) is 4.76. The Morgan fingerprint density at radius 1 is 1.25 bits per heavy atom. The van der Waals surface area contributed by atoms with E-state index in [1.807, 2.05) is 0 Å². The number of hydrogen-bond acceptors (Lipinski definition) is 2. The highest BCUT2D eigenvalue weighted by molar-refractivity contribution is 5.89. The highest BCUT2D eigenvalue weighted by atomic mass is 19.4. The number of likely N-dealkylation sites (tertiary alicyclic amines) is 1. The molecule has 0 aromatic carbocycles. The molecule has 1 saturated heterocycles. The molecule has 3 nitrogen and oxygen atoms in total. The van der Waals surface area contributed by atoms with Gasteiger partial charge in [-0.15, -0.1) is 0 Å². The molecule has 1 saturated carbocycles. The lowest BCUT2D eigenvalue weighted by atomic mass is 9.96. The smallest absolute Gasteiger partial charge is 0.341 e. The maximum atomic E-state index is 12.4. The molecule has 6 heteroatoms. The SMILES string of the molecule is NC1(C(=O)N2CCC(C(F)(F)F)CC2)CC1. The summed E-state index contributed by atoms with van der Waals surface area (Å²) in [5, 5.41) is 0. The van der Waals surface area contributed by atoms with Crippen LogP contribution in [0.25, 0.3) is 0 Å². The van der Waals surface area contributed by atoms with Gasteiger partial charge in [0.2, 0.25) is 5.91 Å². The second kappa shape index (κ2) is 3.61. The largest absolute Gasteiger partial charge is 0.391 e. The van der Waals surface area contributed by atoms with E-state index in [9.17, 15) is 18.0 Å². The number of alkyl halides is 3. The van der Waals surface area contributed by atoms with Gasteiger partial charge in [-0.1, -0.05) is 0 Å². The second-order valence-electron chi connectivity index (χ2n) is 4.76. The third-order valence-electron chi connectivity index (χ3n) is 3.46. The fraction of sp³-hybridized carbons (Fsp3) is 0.900. The Balaban J connectivity index is 1.88. The molecule has 2 fully saturated rings. The highest BCUT2D eigenvalue weighted by Gasteiger charge is 2.50. The number of amides is 1. The molecule has 2 aliphatic rings. The van der Waals surface area contributed by atoms with Crippen molar-refractivity contribution in [1.29, 1.82) is 0 Å². The van der Waals surface area contributed by atoms with Crippen LogP contribution in [-0.4, -0.2) is 35.6 Å². The summed E-state index contributed by atoms with van der Waals surface area (Å²) in [6.45, 7) is 0.365. The molecule has 0 unspecified atom stereocenters. The lowest BCUT2D eigenvalue weighted by Crippen LogP contribution is -2.50. The van der Waals surface area contributed by atoms with Gasteiger partial charge in [-0.2, -0.15) is 13.2 Å². The van der Waals surface area contributed by atoms with E-state index in [-0.39, 0.29) is 31.8 Å². The number of nitrogens with two attached hydrogens (primary N) is 1. The molecule has 0 aromatic rings. The third kappa shape index (κ3) is 2.16. The maximum Gasteiger partial charge on any atom is 0.391 e. The first-order valence-electron chi connectivity index (χ1n) is 5.48. The minimum absolute atomic E-state index is 0.00528. The molecule has 1 heterocycles. The van der Waals surface area contributed by atoms with Gasteiger partial charge in [0.25, 0.3) is 0 Å². The lowest BCUT2D eigenvalue weighted by molar-refractivity contribution is -0.186. The van der Waals surface area contributed by atoms with Gasteiger partial charge in [0.1, 0.15) is 0 Å². The molecule has 0 atom stereocenters. The molecule has 0 radical (unpaired) electrons. The van der Waals surface area contributed by atoms with Crippen LogP contribution in [0.15, 0.2) is 0 Å². The van der Waals surface area contributed by atoms with Crippen molar-refractivity contribution >= 4 is 5.91 Å². The van der Waals surface area contributed by atoms with E-state index in [1.54, 1.807) is 0 Å². The topological polar surface area (TPSA) is 46.3 Å². The number of carbonyl (C=O) groups excluding carboxylic acids is 1. The van der Waals surface area contributed by atoms with Gasteiger partial charge in [-0.25, -0.2) is 0 Å². The first kappa shape index (κ1) is 11.7. The van der Waals surface area contributed by atoms with Crippen LogP contribution in [0.2, 0.25) is 0 Å². The van der Waals surface area contributed by atoms with E-state index in [4.69, 9.17) is 5.73 Å². The predicted molar refractivity (Wildman–Crippen MR) is 51.5 cm³/mol. The summed E-state index contributed by atoms with van der Waals surface area (Å²) in [6, 6.07) is 0. The van der Waals surface area contributed by atoms with E-state index in [0.717, 1.165) is 0 Å². The van der Waals surface area contributed by atoms with Crippen LogP contribution in [0.4, 0.5) is 13.2 Å². The molecule has 2 N–H and O–H groups in total.